The Morgan fingerprint density at radius 1 is 1.18 bits per heavy atom. The number of rotatable bonds is 4. The third-order valence-corrected chi connectivity index (χ3v) is 5.66. The predicted octanol–water partition coefficient (Wildman–Crippen LogP) is 2.75. The van der Waals surface area contributed by atoms with E-state index in [9.17, 15) is 18.0 Å². The van der Waals surface area contributed by atoms with E-state index >= 15 is 0 Å². The standard InChI is InChI=1S/C20H22N2O5S/c1-13-7-8-18-17(11-13)22(28(3,25)26)10-9-19(27-18)20(24)21-16-6-4-5-15(12-16)14(2)23/h4-8,11-12,19H,9-10H2,1-3H3,(H,21,24)/t19-/m0/s1. The van der Waals surface area contributed by atoms with E-state index in [1.165, 1.54) is 11.2 Å². The summed E-state index contributed by atoms with van der Waals surface area (Å²) in [6, 6.07) is 11.8. The number of carbonyl (C=O) groups excluding carboxylic acids is 2. The number of carbonyl (C=O) groups is 2. The quantitative estimate of drug-likeness (QED) is 0.794. The molecule has 0 saturated heterocycles. The van der Waals surface area contributed by atoms with Gasteiger partial charge in [0.25, 0.3) is 5.91 Å². The number of Topliss-reactive ketones (excluding diaryl/α,β-unsaturated/α-hetero) is 1. The van der Waals surface area contributed by atoms with Gasteiger partial charge in [0.1, 0.15) is 5.75 Å². The topological polar surface area (TPSA) is 92.8 Å². The Labute approximate surface area is 164 Å². The van der Waals surface area contributed by atoms with Gasteiger partial charge in [-0.15, -0.1) is 0 Å². The van der Waals surface area contributed by atoms with Crippen molar-refractivity contribution < 1.29 is 22.7 Å². The number of hydrogen-bond acceptors (Lipinski definition) is 5. The van der Waals surface area contributed by atoms with Crippen molar-refractivity contribution in [1.82, 2.24) is 0 Å². The summed E-state index contributed by atoms with van der Waals surface area (Å²) in [6.45, 7) is 3.44. The number of benzene rings is 2. The highest BCUT2D eigenvalue weighted by atomic mass is 32.2. The first-order chi connectivity index (χ1) is 13.1. The van der Waals surface area contributed by atoms with Crippen LogP contribution >= 0.6 is 0 Å². The zero-order valence-electron chi connectivity index (χ0n) is 15.9. The molecular weight excluding hydrogens is 380 g/mol. The number of ketones is 1. The molecule has 0 spiro atoms. The third-order valence-electron chi connectivity index (χ3n) is 4.48. The number of aryl methyl sites for hydroxylation is 1. The molecule has 28 heavy (non-hydrogen) atoms. The molecule has 1 atom stereocenters. The summed E-state index contributed by atoms with van der Waals surface area (Å²) in [7, 11) is -3.52. The minimum atomic E-state index is -3.52. The number of nitrogens with zero attached hydrogens (tertiary/aromatic N) is 1. The van der Waals surface area contributed by atoms with Crippen molar-refractivity contribution in [3.05, 3.63) is 53.6 Å². The Balaban J connectivity index is 1.86. The van der Waals surface area contributed by atoms with Crippen LogP contribution < -0.4 is 14.4 Å². The molecule has 1 aliphatic rings. The Morgan fingerprint density at radius 3 is 2.61 bits per heavy atom. The van der Waals surface area contributed by atoms with Crippen molar-refractivity contribution >= 4 is 33.1 Å². The van der Waals surface area contributed by atoms with Gasteiger partial charge in [0.2, 0.25) is 10.0 Å². The summed E-state index contributed by atoms with van der Waals surface area (Å²) >= 11 is 0. The number of amides is 1. The van der Waals surface area contributed by atoms with Gasteiger partial charge in [-0.1, -0.05) is 18.2 Å². The molecule has 1 N–H and O–H groups in total. The van der Waals surface area contributed by atoms with Gasteiger partial charge in [0.05, 0.1) is 11.9 Å². The van der Waals surface area contributed by atoms with Gasteiger partial charge < -0.3 is 10.1 Å². The number of nitrogens with one attached hydrogen (secondary N) is 1. The molecule has 0 bridgehead atoms. The van der Waals surface area contributed by atoms with E-state index in [1.54, 1.807) is 42.5 Å². The van der Waals surface area contributed by atoms with E-state index in [2.05, 4.69) is 5.32 Å². The van der Waals surface area contributed by atoms with Crippen LogP contribution in [0.1, 0.15) is 29.3 Å². The van der Waals surface area contributed by atoms with Crippen LogP contribution in [0.2, 0.25) is 0 Å². The molecule has 2 aromatic carbocycles. The van der Waals surface area contributed by atoms with Crippen LogP contribution in [0.3, 0.4) is 0 Å². The zero-order chi connectivity index (χ0) is 20.5. The maximum Gasteiger partial charge on any atom is 0.265 e. The van der Waals surface area contributed by atoms with E-state index in [0.29, 0.717) is 22.7 Å². The number of ether oxygens (including phenoxy) is 1. The lowest BCUT2D eigenvalue weighted by Crippen LogP contribution is -2.36. The molecule has 0 unspecified atom stereocenters. The van der Waals surface area contributed by atoms with Crippen molar-refractivity contribution in [2.45, 2.75) is 26.4 Å². The van der Waals surface area contributed by atoms with E-state index in [1.807, 2.05) is 6.92 Å². The highest BCUT2D eigenvalue weighted by Crippen LogP contribution is 2.35. The molecule has 7 nitrogen and oxygen atoms in total. The van der Waals surface area contributed by atoms with Crippen LogP contribution in [0.5, 0.6) is 5.75 Å². The van der Waals surface area contributed by atoms with Gasteiger partial charge in [-0.25, -0.2) is 8.42 Å². The number of fused-ring (bicyclic) bond motifs is 1. The Hall–Kier alpha value is -2.87. The number of hydrogen-bond donors (Lipinski definition) is 1. The third kappa shape index (κ3) is 4.33. The van der Waals surface area contributed by atoms with Gasteiger partial charge >= 0.3 is 0 Å². The van der Waals surface area contributed by atoms with Crippen molar-refractivity contribution in [3.8, 4) is 5.75 Å². The second kappa shape index (κ2) is 7.63. The average Bonchev–Trinajstić information content (AvgIpc) is 2.81. The zero-order valence-corrected chi connectivity index (χ0v) is 16.7. The van der Waals surface area contributed by atoms with Crippen LogP contribution in [0.25, 0.3) is 0 Å². The second-order valence-corrected chi connectivity index (χ2v) is 8.73. The van der Waals surface area contributed by atoms with Gasteiger partial charge in [-0.2, -0.15) is 0 Å². The summed E-state index contributed by atoms with van der Waals surface area (Å²) in [5.41, 5.74) is 2.29. The lowest BCUT2D eigenvalue weighted by atomic mass is 10.1. The second-order valence-electron chi connectivity index (χ2n) is 6.83. The first kappa shape index (κ1) is 19.9. The fourth-order valence-electron chi connectivity index (χ4n) is 3.06. The smallest absolute Gasteiger partial charge is 0.265 e. The molecular formula is C20H22N2O5S. The van der Waals surface area contributed by atoms with E-state index in [-0.39, 0.29) is 18.7 Å². The minimum Gasteiger partial charge on any atom is -0.478 e. The van der Waals surface area contributed by atoms with Crippen LogP contribution in [0, 0.1) is 6.92 Å². The lowest BCUT2D eigenvalue weighted by Gasteiger charge is -2.21. The molecule has 1 heterocycles. The lowest BCUT2D eigenvalue weighted by molar-refractivity contribution is -0.122. The Bertz CT molecular complexity index is 1030. The van der Waals surface area contributed by atoms with Gasteiger partial charge in [0, 0.05) is 24.2 Å². The Kier molecular flexibility index (Phi) is 5.42. The average molecular weight is 402 g/mol. The van der Waals surface area contributed by atoms with Crippen LogP contribution in [-0.4, -0.2) is 39.0 Å². The number of anilines is 2. The van der Waals surface area contributed by atoms with Gasteiger partial charge in [-0.3, -0.25) is 13.9 Å². The first-order valence-corrected chi connectivity index (χ1v) is 10.7. The fraction of sp³-hybridized carbons (Fsp3) is 0.300. The fourth-order valence-corrected chi connectivity index (χ4v) is 3.99. The van der Waals surface area contributed by atoms with Crippen molar-refractivity contribution in [2.75, 3.05) is 22.4 Å². The molecule has 8 heteroatoms. The van der Waals surface area contributed by atoms with Crippen molar-refractivity contribution in [1.29, 1.82) is 0 Å². The molecule has 0 aliphatic carbocycles. The summed E-state index contributed by atoms with van der Waals surface area (Å²) < 4.78 is 31.6. The first-order valence-electron chi connectivity index (χ1n) is 8.82. The minimum absolute atomic E-state index is 0.102. The molecule has 3 rings (SSSR count). The van der Waals surface area contributed by atoms with Gasteiger partial charge in [0.15, 0.2) is 11.9 Å². The SMILES string of the molecule is CC(=O)c1cccc(NC(=O)[C@@H]2CCN(S(C)(=O)=O)c3cc(C)ccc3O2)c1. The molecule has 1 amide bonds. The van der Waals surface area contributed by atoms with E-state index in [0.717, 1.165) is 11.8 Å². The Morgan fingerprint density at radius 2 is 1.93 bits per heavy atom. The van der Waals surface area contributed by atoms with E-state index in [4.69, 9.17) is 4.74 Å². The summed E-state index contributed by atoms with van der Waals surface area (Å²) in [5, 5.41) is 2.75. The van der Waals surface area contributed by atoms with E-state index < -0.39 is 22.0 Å². The normalized spacial score (nSPS) is 16.5. The predicted molar refractivity (Wildman–Crippen MR) is 107 cm³/mol. The number of sulfonamides is 1. The van der Waals surface area contributed by atoms with Gasteiger partial charge in [-0.05, 0) is 43.7 Å². The molecule has 1 aliphatic heterocycles. The van der Waals surface area contributed by atoms with Crippen molar-refractivity contribution in [3.63, 3.8) is 0 Å². The maximum absolute atomic E-state index is 12.7. The highest BCUT2D eigenvalue weighted by Gasteiger charge is 2.31. The molecule has 148 valence electrons. The molecule has 0 fully saturated rings. The molecule has 0 saturated carbocycles. The summed E-state index contributed by atoms with van der Waals surface area (Å²) in [6.07, 6.45) is 0.459. The van der Waals surface area contributed by atoms with Crippen molar-refractivity contribution in [2.24, 2.45) is 0 Å². The van der Waals surface area contributed by atoms with Crippen LogP contribution in [0.4, 0.5) is 11.4 Å². The summed E-state index contributed by atoms with van der Waals surface area (Å²) in [4.78, 5) is 24.3. The highest BCUT2D eigenvalue weighted by molar-refractivity contribution is 7.92. The largest absolute Gasteiger partial charge is 0.478 e. The molecule has 2 aromatic rings. The van der Waals surface area contributed by atoms with Crippen LogP contribution in [-0.2, 0) is 14.8 Å². The monoisotopic (exact) mass is 402 g/mol. The maximum atomic E-state index is 12.7. The molecule has 0 radical (unpaired) electrons. The van der Waals surface area contributed by atoms with Crippen LogP contribution in [0.15, 0.2) is 42.5 Å². The molecule has 0 aromatic heterocycles. The summed E-state index contributed by atoms with van der Waals surface area (Å²) in [5.74, 6) is -0.163.